The molecule has 0 heterocycles. The van der Waals surface area contributed by atoms with Gasteiger partial charge in [0.05, 0.1) is 0 Å². The first-order valence-corrected chi connectivity index (χ1v) is 4.52. The number of benzene rings is 1. The molecule has 0 N–H and O–H groups in total. The van der Waals surface area contributed by atoms with E-state index in [2.05, 4.69) is 5.16 Å². The zero-order chi connectivity index (χ0) is 10.2. The van der Waals surface area contributed by atoms with Crippen molar-refractivity contribution >= 4 is 12.0 Å². The maximum Gasteiger partial charge on any atom is 0.257 e. The van der Waals surface area contributed by atoms with Gasteiger partial charge in [0, 0.05) is 5.56 Å². The van der Waals surface area contributed by atoms with E-state index in [1.54, 1.807) is 18.4 Å². The average molecular weight is 190 g/mol. The number of rotatable bonds is 5. The highest BCUT2D eigenvalue weighted by molar-refractivity contribution is 6.36. The normalized spacial score (nSPS) is 11.1. The van der Waals surface area contributed by atoms with Gasteiger partial charge in [0.1, 0.15) is 6.61 Å². The predicted octanol–water partition coefficient (Wildman–Crippen LogP) is 1.93. The van der Waals surface area contributed by atoms with Crippen molar-refractivity contribution in [3.8, 4) is 0 Å². The van der Waals surface area contributed by atoms with Crippen molar-refractivity contribution < 1.29 is 9.63 Å². The molecule has 1 rings (SSSR count). The van der Waals surface area contributed by atoms with Gasteiger partial charge >= 0.3 is 0 Å². The van der Waals surface area contributed by atoms with E-state index < -0.39 is 0 Å². The van der Waals surface area contributed by atoms with Crippen LogP contribution in [0.3, 0.4) is 0 Å². The third-order valence-electron chi connectivity index (χ3n) is 1.60. The fourth-order valence-corrected chi connectivity index (χ4v) is 0.928. The fraction of sp³-hybridized carbons (Fsp3) is 0.273. The monoisotopic (exact) mass is 190 g/mol. The van der Waals surface area contributed by atoms with Gasteiger partial charge in [0.15, 0.2) is 5.71 Å². The van der Waals surface area contributed by atoms with Crippen LogP contribution in [0, 0.1) is 0 Å². The Morgan fingerprint density at radius 1 is 1.43 bits per heavy atom. The van der Waals surface area contributed by atoms with Crippen LogP contribution in [0.15, 0.2) is 35.5 Å². The third kappa shape index (κ3) is 3.01. The Balaban J connectivity index is 2.72. The van der Waals surface area contributed by atoms with E-state index in [0.29, 0.717) is 6.61 Å². The molecule has 1 radical (unpaired) electrons. The molecule has 0 aliphatic heterocycles. The number of carbonyl (C=O) groups excluding carboxylic acids is 1. The van der Waals surface area contributed by atoms with E-state index in [1.807, 2.05) is 25.1 Å². The molecule has 3 nitrogen and oxygen atoms in total. The SMILES string of the molecule is CCCO/N=C(/[C]=O)c1ccccc1. The molecule has 0 aliphatic rings. The molecule has 0 saturated heterocycles. The molecular formula is C11H12NO2. The summed E-state index contributed by atoms with van der Waals surface area (Å²) in [5, 5.41) is 3.70. The van der Waals surface area contributed by atoms with Crippen LogP contribution in [0.25, 0.3) is 0 Å². The summed E-state index contributed by atoms with van der Waals surface area (Å²) in [7, 11) is 0. The molecule has 0 aromatic heterocycles. The molecule has 0 bridgehead atoms. The van der Waals surface area contributed by atoms with Gasteiger partial charge in [-0.05, 0) is 6.42 Å². The van der Waals surface area contributed by atoms with Crippen LogP contribution in [-0.4, -0.2) is 18.6 Å². The van der Waals surface area contributed by atoms with Crippen LogP contribution in [0.2, 0.25) is 0 Å². The van der Waals surface area contributed by atoms with Crippen molar-refractivity contribution in [2.45, 2.75) is 13.3 Å². The zero-order valence-electron chi connectivity index (χ0n) is 8.06. The molecule has 0 amide bonds. The molecule has 0 unspecified atom stereocenters. The van der Waals surface area contributed by atoms with Crippen molar-refractivity contribution in [1.29, 1.82) is 0 Å². The van der Waals surface area contributed by atoms with Crippen LogP contribution in [0.1, 0.15) is 18.9 Å². The summed E-state index contributed by atoms with van der Waals surface area (Å²) in [6, 6.07) is 9.13. The first-order chi connectivity index (χ1) is 6.88. The molecule has 0 fully saturated rings. The Bertz CT molecular complexity index is 306. The summed E-state index contributed by atoms with van der Waals surface area (Å²) in [6.45, 7) is 2.49. The van der Waals surface area contributed by atoms with Gasteiger partial charge in [-0.25, -0.2) is 0 Å². The van der Waals surface area contributed by atoms with Crippen LogP contribution < -0.4 is 0 Å². The lowest BCUT2D eigenvalue weighted by atomic mass is 10.1. The maximum atomic E-state index is 10.6. The quantitative estimate of drug-likeness (QED) is 0.404. The molecule has 0 atom stereocenters. The highest BCUT2D eigenvalue weighted by Crippen LogP contribution is 2.00. The summed E-state index contributed by atoms with van der Waals surface area (Å²) in [5.41, 5.74) is 0.928. The largest absolute Gasteiger partial charge is 0.395 e. The van der Waals surface area contributed by atoms with Gasteiger partial charge in [0.25, 0.3) is 6.29 Å². The topological polar surface area (TPSA) is 38.7 Å². The van der Waals surface area contributed by atoms with E-state index in [1.165, 1.54) is 0 Å². The summed E-state index contributed by atoms with van der Waals surface area (Å²) in [5.74, 6) is 0. The van der Waals surface area contributed by atoms with E-state index in [4.69, 9.17) is 4.84 Å². The summed E-state index contributed by atoms with van der Waals surface area (Å²) < 4.78 is 0. The summed E-state index contributed by atoms with van der Waals surface area (Å²) in [4.78, 5) is 15.5. The van der Waals surface area contributed by atoms with E-state index in [-0.39, 0.29) is 5.71 Å². The second kappa shape index (κ2) is 5.91. The third-order valence-corrected chi connectivity index (χ3v) is 1.60. The van der Waals surface area contributed by atoms with Crippen LogP contribution in [0.4, 0.5) is 0 Å². The highest BCUT2D eigenvalue weighted by Gasteiger charge is 2.02. The second-order valence-corrected chi connectivity index (χ2v) is 2.74. The smallest absolute Gasteiger partial charge is 0.257 e. The lowest BCUT2D eigenvalue weighted by Crippen LogP contribution is -2.03. The molecule has 1 aromatic rings. The van der Waals surface area contributed by atoms with Crippen molar-refractivity contribution in [3.63, 3.8) is 0 Å². The standard InChI is InChI=1S/C11H12NO2/c1-2-8-14-12-11(9-13)10-6-4-3-5-7-10/h3-7H,2,8H2,1H3/b12-11-. The average Bonchev–Trinajstić information content (AvgIpc) is 2.26. The van der Waals surface area contributed by atoms with Crippen molar-refractivity contribution in [1.82, 2.24) is 0 Å². The van der Waals surface area contributed by atoms with E-state index in [0.717, 1.165) is 12.0 Å². The van der Waals surface area contributed by atoms with Crippen molar-refractivity contribution in [2.75, 3.05) is 6.61 Å². The number of hydrogen-bond donors (Lipinski definition) is 0. The lowest BCUT2D eigenvalue weighted by Gasteiger charge is -1.98. The Kier molecular flexibility index (Phi) is 4.41. The molecule has 3 heteroatoms. The van der Waals surface area contributed by atoms with E-state index >= 15 is 0 Å². The molecule has 1 aromatic carbocycles. The van der Waals surface area contributed by atoms with Gasteiger partial charge in [-0.1, -0.05) is 42.4 Å². The Hall–Kier alpha value is -1.64. The Morgan fingerprint density at radius 3 is 2.71 bits per heavy atom. The van der Waals surface area contributed by atoms with E-state index in [9.17, 15) is 4.79 Å². The molecule has 0 saturated carbocycles. The predicted molar refractivity (Wildman–Crippen MR) is 54.9 cm³/mol. The first-order valence-electron chi connectivity index (χ1n) is 4.52. The fourth-order valence-electron chi connectivity index (χ4n) is 0.928. The maximum absolute atomic E-state index is 10.6. The van der Waals surface area contributed by atoms with Gasteiger partial charge in [-0.3, -0.25) is 4.79 Å². The Morgan fingerprint density at radius 2 is 2.14 bits per heavy atom. The summed E-state index contributed by atoms with van der Waals surface area (Å²) >= 11 is 0. The molecule has 0 spiro atoms. The summed E-state index contributed by atoms with van der Waals surface area (Å²) in [6.07, 6.45) is 2.62. The molecule has 73 valence electrons. The van der Waals surface area contributed by atoms with Crippen molar-refractivity contribution in [3.05, 3.63) is 35.9 Å². The number of oxime groups is 1. The highest BCUT2D eigenvalue weighted by atomic mass is 16.6. The minimum atomic E-state index is 0.207. The molecule has 14 heavy (non-hydrogen) atoms. The minimum absolute atomic E-state index is 0.207. The van der Waals surface area contributed by atoms with Gasteiger partial charge in [0.2, 0.25) is 0 Å². The van der Waals surface area contributed by atoms with Crippen LogP contribution in [-0.2, 0) is 9.63 Å². The molecular weight excluding hydrogens is 178 g/mol. The van der Waals surface area contributed by atoms with Crippen molar-refractivity contribution in [2.24, 2.45) is 5.16 Å². The minimum Gasteiger partial charge on any atom is -0.395 e. The zero-order valence-corrected chi connectivity index (χ0v) is 8.06. The van der Waals surface area contributed by atoms with Crippen LogP contribution in [0.5, 0.6) is 0 Å². The van der Waals surface area contributed by atoms with Gasteiger partial charge < -0.3 is 4.84 Å². The number of nitrogens with zero attached hydrogens (tertiary/aromatic N) is 1. The number of hydrogen-bond acceptors (Lipinski definition) is 3. The van der Waals surface area contributed by atoms with Gasteiger partial charge in [-0.2, -0.15) is 0 Å². The first kappa shape index (κ1) is 10.4. The van der Waals surface area contributed by atoms with Crippen LogP contribution >= 0.6 is 0 Å². The lowest BCUT2D eigenvalue weighted by molar-refractivity contribution is 0.146. The second-order valence-electron chi connectivity index (χ2n) is 2.74. The Labute approximate surface area is 83.4 Å². The molecule has 0 aliphatic carbocycles. The van der Waals surface area contributed by atoms with Gasteiger partial charge in [-0.15, -0.1) is 0 Å².